The summed E-state index contributed by atoms with van der Waals surface area (Å²) in [5, 5.41) is 8.01. The van der Waals surface area contributed by atoms with Crippen LogP contribution < -0.4 is 0 Å². The summed E-state index contributed by atoms with van der Waals surface area (Å²) in [6, 6.07) is 0. The molecule has 3 nitrogen and oxygen atoms in total. The Kier molecular flexibility index (Phi) is 11.1. The topological polar surface area (TPSA) is 46.5 Å². The van der Waals surface area contributed by atoms with Crippen LogP contribution in [0.1, 0.15) is 6.42 Å². The molecule has 0 heterocycles. The van der Waals surface area contributed by atoms with Gasteiger partial charge in [0, 0.05) is 0 Å². The van der Waals surface area contributed by atoms with Gasteiger partial charge in [-0.3, -0.25) is 4.79 Å². The maximum absolute atomic E-state index is 9.90. The average Bonchev–Trinajstić information content (AvgIpc) is 1.68. The minimum atomic E-state index is -0.607. The number of carbonyl (C=O) groups is 1. The number of rotatable bonds is 2. The minimum absolute atomic E-state index is 0. The predicted molar refractivity (Wildman–Crippen MR) is 30.8 cm³/mol. The first-order chi connectivity index (χ1) is 3.31. The van der Waals surface area contributed by atoms with Gasteiger partial charge < -0.3 is 9.40 Å². The zero-order valence-corrected chi connectivity index (χ0v) is 4.31. The molecule has 0 fully saturated rings. The Labute approximate surface area is 74.4 Å². The fourth-order valence-electron chi connectivity index (χ4n) is 0.130. The van der Waals surface area contributed by atoms with E-state index in [4.69, 9.17) is 5.11 Å². The van der Waals surface area contributed by atoms with E-state index in [-0.39, 0.29) is 42.6 Å². The number of hydrogen-bond acceptors (Lipinski definition) is 3. The molecule has 0 saturated carbocycles. The molecule has 44 valence electrons. The normalized spacial score (nSPS) is 7.25. The van der Waals surface area contributed by atoms with E-state index in [0.29, 0.717) is 0 Å². The van der Waals surface area contributed by atoms with Crippen LogP contribution in [0.4, 0.5) is 0 Å². The van der Waals surface area contributed by atoms with Crippen LogP contribution >= 0.6 is 11.9 Å². The van der Waals surface area contributed by atoms with Crippen molar-refractivity contribution in [2.45, 2.75) is 6.42 Å². The maximum atomic E-state index is 9.90. The molecule has 0 aliphatic carbocycles. The summed E-state index contributed by atoms with van der Waals surface area (Å²) < 4.78 is 3.66. The van der Waals surface area contributed by atoms with Gasteiger partial charge in [0.15, 0.2) is 0 Å². The Balaban J connectivity index is 0. The fourth-order valence-corrected chi connectivity index (χ4v) is 0.207. The molecule has 5 heteroatoms. The molecule has 0 aromatic rings. The van der Waals surface area contributed by atoms with Crippen LogP contribution in [0.5, 0.6) is 0 Å². The number of aliphatic hydroxyl groups is 1. The van der Waals surface area contributed by atoms with Gasteiger partial charge in [0.2, 0.25) is 0 Å². The van der Waals surface area contributed by atoms with E-state index in [9.17, 15) is 4.79 Å². The molecule has 8 heavy (non-hydrogen) atoms. The van der Waals surface area contributed by atoms with Gasteiger partial charge in [0.05, 0.1) is 13.0 Å². The number of halogens is 1. The zero-order chi connectivity index (χ0) is 5.70. The second-order valence-corrected chi connectivity index (χ2v) is 1.08. The Morgan fingerprint density at radius 3 is 2.38 bits per heavy atom. The first-order valence-electron chi connectivity index (χ1n) is 1.73. The third-order valence-electron chi connectivity index (χ3n) is 0.402. The van der Waals surface area contributed by atoms with Crippen LogP contribution in [0.3, 0.4) is 0 Å². The van der Waals surface area contributed by atoms with Gasteiger partial charge in [-0.25, -0.2) is 0 Å². The number of hydrogen-bond donors (Lipinski definition) is 1. The molecule has 0 atom stereocenters. The standard InChI is InChI=1S/C3H5ClO3.Na.H/c4-7-3(6)1-2-5;;/h5H,1-2H2;;. The molecule has 0 radical (unpaired) electrons. The van der Waals surface area contributed by atoms with Crippen molar-refractivity contribution in [3.8, 4) is 0 Å². The molecule has 0 amide bonds. The molecule has 0 rings (SSSR count). The first-order valence-corrected chi connectivity index (χ1v) is 2.04. The van der Waals surface area contributed by atoms with Gasteiger partial charge in [-0.15, -0.1) is 0 Å². The summed E-state index contributed by atoms with van der Waals surface area (Å²) in [5.41, 5.74) is 0. The van der Waals surface area contributed by atoms with E-state index in [1.54, 1.807) is 0 Å². The molecule has 0 aromatic carbocycles. The summed E-state index contributed by atoms with van der Waals surface area (Å²) in [4.78, 5) is 9.90. The molecule has 0 aliphatic heterocycles. The van der Waals surface area contributed by atoms with E-state index in [0.717, 1.165) is 0 Å². The molecule has 0 aromatic heterocycles. The van der Waals surface area contributed by atoms with Gasteiger partial charge >= 0.3 is 35.5 Å². The van der Waals surface area contributed by atoms with Gasteiger partial charge in [0.1, 0.15) is 11.9 Å². The van der Waals surface area contributed by atoms with Crippen LogP contribution in [0, 0.1) is 0 Å². The Morgan fingerprint density at radius 2 is 2.25 bits per heavy atom. The van der Waals surface area contributed by atoms with Crippen LogP contribution in [-0.4, -0.2) is 47.2 Å². The van der Waals surface area contributed by atoms with Crippen molar-refractivity contribution in [2.24, 2.45) is 0 Å². The molecular formula is C3H6ClNaO3. The van der Waals surface area contributed by atoms with Gasteiger partial charge in [-0.1, -0.05) is 0 Å². The summed E-state index contributed by atoms with van der Waals surface area (Å²) in [6.07, 6.45) is -0.0382. The van der Waals surface area contributed by atoms with Crippen molar-refractivity contribution in [1.82, 2.24) is 0 Å². The van der Waals surface area contributed by atoms with Crippen LogP contribution in [0.2, 0.25) is 0 Å². The van der Waals surface area contributed by atoms with Crippen LogP contribution in [0.15, 0.2) is 0 Å². The van der Waals surface area contributed by atoms with Crippen molar-refractivity contribution in [2.75, 3.05) is 6.61 Å². The second-order valence-electron chi connectivity index (χ2n) is 0.923. The molecular weight excluding hydrogens is 142 g/mol. The van der Waals surface area contributed by atoms with Crippen molar-refractivity contribution < 1.29 is 14.2 Å². The third-order valence-corrected chi connectivity index (χ3v) is 0.574. The zero-order valence-electron chi connectivity index (χ0n) is 3.56. The molecule has 0 aliphatic rings. The molecule has 0 saturated heterocycles. The van der Waals surface area contributed by atoms with Gasteiger partial charge in [-0.05, 0) is 0 Å². The summed E-state index contributed by atoms with van der Waals surface area (Å²) in [6.45, 7) is -0.217. The Bertz CT molecular complexity index is 67.5. The van der Waals surface area contributed by atoms with E-state index in [1.165, 1.54) is 0 Å². The van der Waals surface area contributed by atoms with Crippen molar-refractivity contribution in [1.29, 1.82) is 0 Å². The summed E-state index contributed by atoms with van der Waals surface area (Å²) >= 11 is 4.57. The number of aliphatic hydroxyl groups excluding tert-OH is 1. The fraction of sp³-hybridized carbons (Fsp3) is 0.667. The second kappa shape index (κ2) is 7.72. The Morgan fingerprint density at radius 1 is 1.75 bits per heavy atom. The van der Waals surface area contributed by atoms with Crippen molar-refractivity contribution in [3.63, 3.8) is 0 Å². The summed E-state index contributed by atoms with van der Waals surface area (Å²) in [7, 11) is 0. The van der Waals surface area contributed by atoms with E-state index in [1.807, 2.05) is 0 Å². The molecule has 1 N–H and O–H groups in total. The van der Waals surface area contributed by atoms with Crippen molar-refractivity contribution >= 4 is 47.4 Å². The number of carbonyl (C=O) groups excluding carboxylic acids is 1. The van der Waals surface area contributed by atoms with Crippen LogP contribution in [-0.2, 0) is 9.08 Å². The Hall–Kier alpha value is 0.720. The molecule has 0 spiro atoms. The van der Waals surface area contributed by atoms with Crippen molar-refractivity contribution in [3.05, 3.63) is 0 Å². The summed E-state index contributed by atoms with van der Waals surface area (Å²) in [5.74, 6) is -0.607. The first kappa shape index (κ1) is 11.5. The van der Waals surface area contributed by atoms with E-state index < -0.39 is 5.97 Å². The van der Waals surface area contributed by atoms with Gasteiger partial charge in [0.25, 0.3) is 0 Å². The van der Waals surface area contributed by atoms with Crippen LogP contribution in [0.25, 0.3) is 0 Å². The third kappa shape index (κ3) is 6.72. The SMILES string of the molecule is O=C(CCO)OCl.[NaH]. The van der Waals surface area contributed by atoms with Gasteiger partial charge in [-0.2, -0.15) is 0 Å². The average molecular weight is 149 g/mol. The molecule has 0 unspecified atom stereocenters. The van der Waals surface area contributed by atoms with E-state index in [2.05, 4.69) is 16.2 Å². The quantitative estimate of drug-likeness (QED) is 0.533. The molecule has 0 bridgehead atoms. The monoisotopic (exact) mass is 148 g/mol. The predicted octanol–water partition coefficient (Wildman–Crippen LogP) is -0.583. The van der Waals surface area contributed by atoms with E-state index >= 15 is 0 Å².